The van der Waals surface area contributed by atoms with Crippen molar-refractivity contribution in [1.29, 1.82) is 0 Å². The van der Waals surface area contributed by atoms with E-state index in [0.717, 1.165) is 0 Å². The summed E-state index contributed by atoms with van der Waals surface area (Å²) >= 11 is 0. The largest absolute Gasteiger partial charge is 0.393 e. The molecule has 0 aromatic heterocycles. The van der Waals surface area contributed by atoms with Gasteiger partial charge in [-0.05, 0) is 49.4 Å². The van der Waals surface area contributed by atoms with Crippen LogP contribution in [0.15, 0.2) is 40.5 Å². The van der Waals surface area contributed by atoms with Crippen LogP contribution in [0.25, 0.3) is 0 Å². The van der Waals surface area contributed by atoms with E-state index in [0.29, 0.717) is 42.1 Å². The predicted molar refractivity (Wildman–Crippen MR) is 114 cm³/mol. The average molecular weight is 451 g/mol. The van der Waals surface area contributed by atoms with Crippen molar-refractivity contribution in [3.8, 4) is 0 Å². The molecule has 2 aliphatic carbocycles. The average Bonchev–Trinajstić information content (AvgIpc) is 2.65. The fraction of sp³-hybridized carbons (Fsp3) is 0.524. The molecular weight excluding hydrogens is 423 g/mol. The Balaban J connectivity index is 1.68. The lowest BCUT2D eigenvalue weighted by atomic mass is 9.73. The number of rotatable bonds is 5. The Morgan fingerprint density at radius 2 is 1.94 bits per heavy atom. The number of Topliss-reactive ketones (excluding diaryl/α,β-unsaturated/α-hetero) is 1. The van der Waals surface area contributed by atoms with E-state index in [2.05, 4.69) is 20.3 Å². The van der Waals surface area contributed by atoms with Gasteiger partial charge in [-0.1, -0.05) is 19.1 Å². The monoisotopic (exact) mass is 450 g/mol. The molecule has 0 radical (unpaired) electrons. The zero-order valence-electron chi connectivity index (χ0n) is 17.5. The zero-order chi connectivity index (χ0) is 22.4. The number of carbonyl (C=O) groups is 1. The van der Waals surface area contributed by atoms with Crippen molar-refractivity contribution < 1.29 is 22.7 Å². The smallest absolute Gasteiger partial charge is 0.211 e. The number of aliphatic imine (C=N–C) groups is 1. The summed E-state index contributed by atoms with van der Waals surface area (Å²) in [6.07, 6.45) is 1.31. The molecule has 1 aliphatic heterocycles. The molecule has 0 saturated heterocycles. The first kappa shape index (κ1) is 21.9. The number of halogens is 1. The van der Waals surface area contributed by atoms with E-state index in [9.17, 15) is 22.7 Å². The van der Waals surface area contributed by atoms with Crippen molar-refractivity contribution in [3.63, 3.8) is 0 Å². The van der Waals surface area contributed by atoms with Gasteiger partial charge < -0.3 is 15.7 Å². The van der Waals surface area contributed by atoms with Crippen molar-refractivity contribution in [3.05, 3.63) is 46.9 Å². The molecule has 1 aromatic rings. The minimum atomic E-state index is -3.51. The predicted octanol–water partition coefficient (Wildman–Crippen LogP) is 1.11. The second kappa shape index (κ2) is 7.99. The molecule has 168 valence electrons. The second-order valence-electron chi connectivity index (χ2n) is 8.97. The van der Waals surface area contributed by atoms with Gasteiger partial charge in [0.1, 0.15) is 11.9 Å². The molecule has 1 saturated carbocycles. The van der Waals surface area contributed by atoms with Crippen molar-refractivity contribution in [1.82, 2.24) is 15.4 Å². The molecule has 0 bridgehead atoms. The molecule has 0 unspecified atom stereocenters. The number of aliphatic hydroxyl groups is 1. The van der Waals surface area contributed by atoms with Gasteiger partial charge in [0, 0.05) is 23.7 Å². The lowest BCUT2D eigenvalue weighted by Gasteiger charge is -2.40. The van der Waals surface area contributed by atoms with Crippen LogP contribution < -0.4 is 15.4 Å². The molecule has 1 heterocycles. The highest BCUT2D eigenvalue weighted by Crippen LogP contribution is 2.43. The third-order valence-corrected chi connectivity index (χ3v) is 7.81. The summed E-state index contributed by atoms with van der Waals surface area (Å²) in [5.74, 6) is -0.244. The van der Waals surface area contributed by atoms with Gasteiger partial charge in [-0.2, -0.15) is 0 Å². The Kier molecular flexibility index (Phi) is 5.65. The molecule has 4 N–H and O–H groups in total. The number of guanidine groups is 1. The van der Waals surface area contributed by atoms with Crippen LogP contribution in [0.1, 0.15) is 44.2 Å². The fourth-order valence-corrected chi connectivity index (χ4v) is 5.79. The molecule has 3 aliphatic rings. The van der Waals surface area contributed by atoms with E-state index in [1.165, 1.54) is 19.2 Å². The highest BCUT2D eigenvalue weighted by atomic mass is 32.2. The van der Waals surface area contributed by atoms with E-state index in [-0.39, 0.29) is 35.9 Å². The van der Waals surface area contributed by atoms with Crippen LogP contribution in [-0.4, -0.2) is 50.2 Å². The quantitative estimate of drug-likeness (QED) is 0.534. The molecule has 8 nitrogen and oxygen atoms in total. The number of nitrogens with zero attached hydrogens (tertiary/aromatic N) is 1. The number of allylic oxidation sites excluding steroid dienone is 1. The SMILES string of the molecule is CNS(=O)(=O)C[C@]1(C)CC(=O)C2=C(C1)NC(NC1CC(O)C1)=N[C@H]2c1ccc(F)cc1. The minimum Gasteiger partial charge on any atom is -0.393 e. The normalized spacial score (nSPS) is 30.8. The number of nitrogens with one attached hydrogen (secondary N) is 3. The second-order valence-corrected chi connectivity index (χ2v) is 10.9. The lowest BCUT2D eigenvalue weighted by molar-refractivity contribution is -0.118. The third-order valence-electron chi connectivity index (χ3n) is 6.11. The molecule has 1 aromatic carbocycles. The minimum absolute atomic E-state index is 0.0626. The van der Waals surface area contributed by atoms with Crippen LogP contribution in [0.2, 0.25) is 0 Å². The lowest BCUT2D eigenvalue weighted by Crippen LogP contribution is -2.53. The summed E-state index contributed by atoms with van der Waals surface area (Å²) in [4.78, 5) is 17.9. The van der Waals surface area contributed by atoms with Crippen molar-refractivity contribution >= 4 is 21.8 Å². The third kappa shape index (κ3) is 4.65. The maximum absolute atomic E-state index is 13.5. The zero-order valence-corrected chi connectivity index (χ0v) is 18.3. The molecule has 2 atom stereocenters. The Labute approximate surface area is 181 Å². The maximum Gasteiger partial charge on any atom is 0.211 e. The molecule has 0 spiro atoms. The van der Waals surface area contributed by atoms with Crippen LogP contribution in [0.4, 0.5) is 4.39 Å². The Morgan fingerprint density at radius 1 is 1.26 bits per heavy atom. The number of aliphatic hydroxyl groups excluding tert-OH is 1. The van der Waals surface area contributed by atoms with Gasteiger partial charge in [0.2, 0.25) is 10.0 Å². The Bertz CT molecular complexity index is 1050. The van der Waals surface area contributed by atoms with E-state index in [1.54, 1.807) is 19.1 Å². The maximum atomic E-state index is 13.5. The van der Waals surface area contributed by atoms with E-state index < -0.39 is 21.5 Å². The topological polar surface area (TPSA) is 120 Å². The van der Waals surface area contributed by atoms with Gasteiger partial charge >= 0.3 is 0 Å². The summed E-state index contributed by atoms with van der Waals surface area (Å²) in [5, 5.41) is 16.0. The van der Waals surface area contributed by atoms with Gasteiger partial charge in [-0.3, -0.25) is 4.79 Å². The standard InChI is InChI=1S/C21H27FN4O4S/c1-21(11-31(29,30)23-2)9-16-18(17(28)10-21)19(12-3-5-13(22)6-4-12)26-20(25-16)24-14-7-15(27)8-14/h3-6,14-15,19,23,27H,7-11H2,1-2H3,(H2,24,25,26)/t14?,15?,19-,21-/m0/s1. The van der Waals surface area contributed by atoms with Crippen LogP contribution in [0.3, 0.4) is 0 Å². The van der Waals surface area contributed by atoms with E-state index in [1.807, 2.05) is 0 Å². The molecule has 1 fully saturated rings. The number of hydrogen-bond acceptors (Lipinski definition) is 7. The molecule has 31 heavy (non-hydrogen) atoms. The Morgan fingerprint density at radius 3 is 2.55 bits per heavy atom. The molecule has 10 heteroatoms. The number of ketones is 1. The van der Waals surface area contributed by atoms with Crippen LogP contribution in [0.5, 0.6) is 0 Å². The first-order valence-electron chi connectivity index (χ1n) is 10.3. The van der Waals surface area contributed by atoms with E-state index in [4.69, 9.17) is 0 Å². The molecule has 0 amide bonds. The summed E-state index contributed by atoms with van der Waals surface area (Å²) in [6, 6.07) is 5.33. The number of benzene rings is 1. The van der Waals surface area contributed by atoms with Gasteiger partial charge in [0.25, 0.3) is 0 Å². The highest BCUT2D eigenvalue weighted by molar-refractivity contribution is 7.89. The van der Waals surface area contributed by atoms with Crippen LogP contribution in [-0.2, 0) is 14.8 Å². The highest BCUT2D eigenvalue weighted by Gasteiger charge is 2.44. The van der Waals surface area contributed by atoms with Crippen molar-refractivity contribution in [2.45, 2.75) is 50.8 Å². The van der Waals surface area contributed by atoms with Gasteiger partial charge in [0.05, 0.1) is 11.9 Å². The molecular formula is C21H27FN4O4S. The van der Waals surface area contributed by atoms with Crippen LogP contribution >= 0.6 is 0 Å². The summed E-state index contributed by atoms with van der Waals surface area (Å²) in [7, 11) is -2.15. The van der Waals surface area contributed by atoms with Crippen molar-refractivity contribution in [2.24, 2.45) is 10.4 Å². The summed E-state index contributed by atoms with van der Waals surface area (Å²) in [5.41, 5.74) is 1.04. The van der Waals surface area contributed by atoms with Gasteiger partial charge in [-0.25, -0.2) is 22.5 Å². The first-order valence-corrected chi connectivity index (χ1v) is 11.9. The summed E-state index contributed by atoms with van der Waals surface area (Å²) < 4.78 is 40.2. The summed E-state index contributed by atoms with van der Waals surface area (Å²) in [6.45, 7) is 1.79. The number of carbonyl (C=O) groups excluding carboxylic acids is 1. The van der Waals surface area contributed by atoms with Crippen molar-refractivity contribution in [2.75, 3.05) is 12.8 Å². The fourth-order valence-electron chi connectivity index (χ4n) is 4.53. The number of sulfonamides is 1. The van der Waals surface area contributed by atoms with E-state index >= 15 is 0 Å². The Hall–Kier alpha value is -2.30. The van der Waals surface area contributed by atoms with Gasteiger partial charge in [-0.15, -0.1) is 0 Å². The molecule has 4 rings (SSSR count). The van der Waals surface area contributed by atoms with Crippen LogP contribution in [0, 0.1) is 11.2 Å². The number of hydrogen-bond donors (Lipinski definition) is 4. The first-order chi connectivity index (χ1) is 14.6. The van der Waals surface area contributed by atoms with Gasteiger partial charge in [0.15, 0.2) is 11.7 Å².